The van der Waals surface area contributed by atoms with Gasteiger partial charge in [-0.15, -0.1) is 0 Å². The predicted molar refractivity (Wildman–Crippen MR) is 120 cm³/mol. The first-order chi connectivity index (χ1) is 16.3. The number of amides is 4. The molecule has 16 heteroatoms. The lowest BCUT2D eigenvalue weighted by atomic mass is 10.1. The van der Waals surface area contributed by atoms with E-state index in [0.717, 1.165) is 0 Å². The van der Waals surface area contributed by atoms with Crippen molar-refractivity contribution in [3.8, 4) is 0 Å². The highest BCUT2D eigenvalue weighted by Gasteiger charge is 2.39. The molecule has 4 unspecified atom stereocenters. The normalized spacial score (nSPS) is 17.5. The van der Waals surface area contributed by atoms with Gasteiger partial charge < -0.3 is 48.7 Å². The van der Waals surface area contributed by atoms with Gasteiger partial charge in [0.25, 0.3) is 0 Å². The molecule has 4 atom stereocenters. The van der Waals surface area contributed by atoms with Crippen molar-refractivity contribution in [1.82, 2.24) is 15.5 Å². The van der Waals surface area contributed by atoms with Gasteiger partial charge in [0.15, 0.2) is 5.96 Å². The minimum Gasteiger partial charge on any atom is -0.481 e. The van der Waals surface area contributed by atoms with Crippen molar-refractivity contribution in [3.05, 3.63) is 0 Å². The van der Waals surface area contributed by atoms with Gasteiger partial charge in [-0.2, -0.15) is 0 Å². The Bertz CT molecular complexity index is 860. The number of aliphatic carboxylic acids is 2. The number of guanidine groups is 1. The molecule has 196 valence electrons. The molecule has 35 heavy (non-hydrogen) atoms. The molecule has 12 N–H and O–H groups in total. The van der Waals surface area contributed by atoms with E-state index in [-0.39, 0.29) is 38.3 Å². The Balaban J connectivity index is 3.00. The third-order valence-corrected chi connectivity index (χ3v) is 5.15. The molecule has 1 fully saturated rings. The van der Waals surface area contributed by atoms with Crippen LogP contribution in [-0.4, -0.2) is 93.9 Å². The Morgan fingerprint density at radius 3 is 2.20 bits per heavy atom. The molecule has 0 radical (unpaired) electrons. The number of carbonyl (C=O) groups is 6. The van der Waals surface area contributed by atoms with Crippen molar-refractivity contribution in [3.63, 3.8) is 0 Å². The Morgan fingerprint density at radius 1 is 1.00 bits per heavy atom. The summed E-state index contributed by atoms with van der Waals surface area (Å²) in [4.78, 5) is 76.6. The molecule has 16 nitrogen and oxygen atoms in total. The molecule has 0 spiro atoms. The zero-order chi connectivity index (χ0) is 26.7. The van der Waals surface area contributed by atoms with E-state index in [1.807, 2.05) is 0 Å². The van der Waals surface area contributed by atoms with Crippen LogP contribution in [0.3, 0.4) is 0 Å². The number of aliphatic imine (C=N–C) groups is 1. The molecule has 1 aliphatic rings. The quantitative estimate of drug-likeness (QED) is 0.0642. The fourth-order valence-electron chi connectivity index (χ4n) is 3.50. The van der Waals surface area contributed by atoms with E-state index < -0.39 is 72.6 Å². The summed E-state index contributed by atoms with van der Waals surface area (Å²) < 4.78 is 0. The van der Waals surface area contributed by atoms with Crippen molar-refractivity contribution in [2.75, 3.05) is 13.1 Å². The topological polar surface area (TPSA) is 287 Å². The smallest absolute Gasteiger partial charge is 0.326 e. The zero-order valence-electron chi connectivity index (χ0n) is 19.0. The van der Waals surface area contributed by atoms with Crippen LogP contribution in [0.4, 0.5) is 0 Å². The van der Waals surface area contributed by atoms with Crippen molar-refractivity contribution >= 4 is 41.5 Å². The van der Waals surface area contributed by atoms with Crippen LogP contribution in [0, 0.1) is 0 Å². The molecule has 0 aromatic carbocycles. The monoisotopic (exact) mass is 500 g/mol. The van der Waals surface area contributed by atoms with Gasteiger partial charge in [0.1, 0.15) is 18.1 Å². The standard InChI is InChI=1S/C19H32N8O8/c20-9(7-13(21)28)15(31)25-10(3-1-5-24-19(22)23)17(33)27-6-2-4-12(27)16(32)26-11(18(34)35)8-14(29)30/h9-12H,1-8,20H2,(H2,21,28)(H,25,31)(H,26,32)(H,29,30)(H,34,35)(H4,22,23,24). The number of hydrogen-bond donors (Lipinski definition) is 8. The van der Waals surface area contributed by atoms with E-state index in [1.165, 1.54) is 4.90 Å². The van der Waals surface area contributed by atoms with E-state index in [1.54, 1.807) is 0 Å². The lowest BCUT2D eigenvalue weighted by Crippen LogP contribution is -2.57. The predicted octanol–water partition coefficient (Wildman–Crippen LogP) is -4.24. The lowest BCUT2D eigenvalue weighted by Gasteiger charge is -2.29. The number of primary amides is 1. The van der Waals surface area contributed by atoms with Gasteiger partial charge in [-0.1, -0.05) is 0 Å². The summed E-state index contributed by atoms with van der Waals surface area (Å²) in [6, 6.07) is -5.21. The van der Waals surface area contributed by atoms with Crippen molar-refractivity contribution in [2.24, 2.45) is 27.9 Å². The van der Waals surface area contributed by atoms with Gasteiger partial charge in [0.05, 0.1) is 18.9 Å². The highest BCUT2D eigenvalue weighted by atomic mass is 16.4. The summed E-state index contributed by atoms with van der Waals surface area (Å²) in [5, 5.41) is 22.6. The summed E-state index contributed by atoms with van der Waals surface area (Å²) in [7, 11) is 0. The number of nitrogens with one attached hydrogen (secondary N) is 2. The highest BCUT2D eigenvalue weighted by molar-refractivity contribution is 5.95. The second kappa shape index (κ2) is 13.7. The summed E-state index contributed by atoms with van der Waals surface area (Å²) in [6.07, 6.45) is -0.349. The Kier molecular flexibility index (Phi) is 11.4. The number of carboxylic acids is 2. The van der Waals surface area contributed by atoms with Gasteiger partial charge in [-0.3, -0.25) is 29.0 Å². The summed E-state index contributed by atoms with van der Waals surface area (Å²) in [6.45, 7) is 0.288. The third-order valence-electron chi connectivity index (χ3n) is 5.15. The van der Waals surface area contributed by atoms with Crippen molar-refractivity contribution in [1.29, 1.82) is 0 Å². The molecule has 1 heterocycles. The van der Waals surface area contributed by atoms with E-state index in [4.69, 9.17) is 28.0 Å². The van der Waals surface area contributed by atoms with Gasteiger partial charge in [-0.25, -0.2) is 4.79 Å². The molecule has 4 amide bonds. The maximum Gasteiger partial charge on any atom is 0.326 e. The Labute approximate surface area is 200 Å². The van der Waals surface area contributed by atoms with Crippen LogP contribution < -0.4 is 33.6 Å². The number of nitrogens with zero attached hydrogens (tertiary/aromatic N) is 2. The van der Waals surface area contributed by atoms with E-state index in [0.29, 0.717) is 6.42 Å². The number of carboxylic acid groups (broad SMARTS) is 2. The molecule has 0 aromatic heterocycles. The molecule has 0 aliphatic carbocycles. The van der Waals surface area contributed by atoms with E-state index in [2.05, 4.69) is 15.6 Å². The minimum absolute atomic E-state index is 0.0618. The first-order valence-electron chi connectivity index (χ1n) is 10.8. The van der Waals surface area contributed by atoms with Crippen LogP contribution in [-0.2, 0) is 28.8 Å². The Morgan fingerprint density at radius 2 is 1.66 bits per heavy atom. The first-order valence-corrected chi connectivity index (χ1v) is 10.8. The number of rotatable bonds is 14. The first kappa shape index (κ1) is 29.1. The van der Waals surface area contributed by atoms with Crippen LogP contribution in [0.1, 0.15) is 38.5 Å². The SMILES string of the molecule is NC(=O)CC(N)C(=O)NC(CCCN=C(N)N)C(=O)N1CCCC1C(=O)NC(CC(=O)O)C(=O)O. The van der Waals surface area contributed by atoms with Gasteiger partial charge >= 0.3 is 11.9 Å². The third kappa shape index (κ3) is 9.83. The molecule has 0 bridgehead atoms. The fourth-order valence-corrected chi connectivity index (χ4v) is 3.50. The van der Waals surface area contributed by atoms with Crippen LogP contribution >= 0.6 is 0 Å². The minimum atomic E-state index is -1.68. The van der Waals surface area contributed by atoms with Crippen molar-refractivity contribution < 1.29 is 39.0 Å². The fraction of sp³-hybridized carbons (Fsp3) is 0.632. The molecular weight excluding hydrogens is 468 g/mol. The maximum absolute atomic E-state index is 13.3. The second-order valence-electron chi connectivity index (χ2n) is 7.97. The van der Waals surface area contributed by atoms with Crippen LogP contribution in [0.15, 0.2) is 4.99 Å². The van der Waals surface area contributed by atoms with Crippen LogP contribution in [0.5, 0.6) is 0 Å². The number of likely N-dealkylation sites (tertiary alicyclic amines) is 1. The van der Waals surface area contributed by atoms with E-state index in [9.17, 15) is 33.9 Å². The van der Waals surface area contributed by atoms with Crippen LogP contribution in [0.2, 0.25) is 0 Å². The zero-order valence-corrected chi connectivity index (χ0v) is 19.0. The highest BCUT2D eigenvalue weighted by Crippen LogP contribution is 2.20. The molecular formula is C19H32N8O8. The lowest BCUT2D eigenvalue weighted by molar-refractivity contribution is -0.148. The van der Waals surface area contributed by atoms with Gasteiger partial charge in [0, 0.05) is 13.1 Å². The molecule has 1 aliphatic heterocycles. The largest absolute Gasteiger partial charge is 0.481 e. The number of nitrogens with two attached hydrogens (primary N) is 4. The maximum atomic E-state index is 13.3. The molecule has 1 saturated heterocycles. The number of carbonyl (C=O) groups excluding carboxylic acids is 4. The summed E-state index contributed by atoms with van der Waals surface area (Å²) >= 11 is 0. The average molecular weight is 501 g/mol. The van der Waals surface area contributed by atoms with Gasteiger partial charge in [-0.05, 0) is 25.7 Å². The number of hydrogen-bond acceptors (Lipinski definition) is 8. The second-order valence-corrected chi connectivity index (χ2v) is 7.97. The molecule has 0 saturated carbocycles. The summed E-state index contributed by atoms with van der Waals surface area (Å²) in [5.74, 6) is -6.22. The van der Waals surface area contributed by atoms with Crippen LogP contribution in [0.25, 0.3) is 0 Å². The molecule has 0 aromatic rings. The van der Waals surface area contributed by atoms with Crippen molar-refractivity contribution in [2.45, 2.75) is 62.7 Å². The van der Waals surface area contributed by atoms with E-state index >= 15 is 0 Å². The Hall–Kier alpha value is -3.95. The van der Waals surface area contributed by atoms with Gasteiger partial charge in [0.2, 0.25) is 23.6 Å². The summed E-state index contributed by atoms with van der Waals surface area (Å²) in [5.41, 5.74) is 21.3. The average Bonchev–Trinajstić information content (AvgIpc) is 3.23. The molecule has 1 rings (SSSR count).